The lowest BCUT2D eigenvalue weighted by molar-refractivity contribution is 0.0599. The molecule has 1 rings (SSSR count). The third-order valence-corrected chi connectivity index (χ3v) is 3.19. The van der Waals surface area contributed by atoms with Crippen LogP contribution in [-0.4, -0.2) is 23.3 Å². The molecule has 0 unspecified atom stereocenters. The van der Waals surface area contributed by atoms with Crippen molar-refractivity contribution in [1.29, 1.82) is 0 Å². The smallest absolute Gasteiger partial charge is 0.338 e. The molecule has 0 fully saturated rings. The third-order valence-electron chi connectivity index (χ3n) is 2.84. The molecule has 0 aliphatic rings. The van der Waals surface area contributed by atoms with E-state index in [2.05, 4.69) is 10.2 Å². The van der Waals surface area contributed by atoms with E-state index in [4.69, 9.17) is 4.74 Å². The molecule has 1 aromatic rings. The zero-order chi connectivity index (χ0) is 11.6. The minimum atomic E-state index is -0.265. The van der Waals surface area contributed by atoms with Crippen molar-refractivity contribution in [2.45, 2.75) is 26.8 Å². The van der Waals surface area contributed by atoms with Crippen LogP contribution in [0.1, 0.15) is 32.6 Å². The van der Waals surface area contributed by atoms with E-state index >= 15 is 0 Å². The van der Waals surface area contributed by atoms with Gasteiger partial charge in [0, 0.05) is 10.2 Å². The first kappa shape index (κ1) is 12.0. The van der Waals surface area contributed by atoms with Crippen molar-refractivity contribution in [3.05, 3.63) is 33.9 Å². The third kappa shape index (κ3) is 2.12. The van der Waals surface area contributed by atoms with Gasteiger partial charge < -0.3 is 4.74 Å². The summed E-state index contributed by atoms with van der Waals surface area (Å²) >= 11 is 0. The van der Waals surface area contributed by atoms with Crippen molar-refractivity contribution in [3.8, 4) is 0 Å². The Balaban J connectivity index is 3.40. The van der Waals surface area contributed by atoms with Crippen LogP contribution in [0.3, 0.4) is 0 Å². The highest BCUT2D eigenvalue weighted by atomic mass is 28.1. The molecule has 2 nitrogen and oxygen atoms in total. The van der Waals surface area contributed by atoms with Gasteiger partial charge in [0.15, 0.2) is 0 Å². The fraction of sp³-hybridized carbons (Fsp3) is 0.417. The van der Waals surface area contributed by atoms with Gasteiger partial charge in [0.25, 0.3) is 0 Å². The molecule has 0 bridgehead atoms. The van der Waals surface area contributed by atoms with Gasteiger partial charge in [0.1, 0.15) is 0 Å². The van der Waals surface area contributed by atoms with Crippen molar-refractivity contribution < 1.29 is 9.53 Å². The molecule has 79 valence electrons. The second kappa shape index (κ2) is 4.62. The molecule has 0 spiro atoms. The SMILES string of the molecule is COC(=O)c1cc(C)c(C[Si])c(C)c1C. The number of aryl methyl sites for hydroxylation is 1. The first-order valence-corrected chi connectivity index (χ1v) is 5.56. The van der Waals surface area contributed by atoms with E-state index in [0.29, 0.717) is 5.56 Å². The zero-order valence-electron chi connectivity index (χ0n) is 9.60. The quantitative estimate of drug-likeness (QED) is 0.562. The Morgan fingerprint density at radius 3 is 2.40 bits per heavy atom. The Bertz CT molecular complexity index is 397. The lowest BCUT2D eigenvalue weighted by Crippen LogP contribution is -2.08. The maximum Gasteiger partial charge on any atom is 0.338 e. The Labute approximate surface area is 94.1 Å². The number of methoxy groups -OCH3 is 1. The van der Waals surface area contributed by atoms with Crippen LogP contribution in [0.15, 0.2) is 6.07 Å². The summed E-state index contributed by atoms with van der Waals surface area (Å²) in [7, 11) is 4.91. The maximum absolute atomic E-state index is 11.5. The van der Waals surface area contributed by atoms with Crippen molar-refractivity contribution in [2.24, 2.45) is 0 Å². The summed E-state index contributed by atoms with van der Waals surface area (Å²) in [5, 5.41) is 0. The molecular weight excluding hydrogens is 204 g/mol. The standard InChI is InChI=1S/C12H15O2Si/c1-7-5-10(12(13)14-4)8(2)9(3)11(7)6-15/h5H,6H2,1-4H3. The predicted octanol–water partition coefficient (Wildman–Crippen LogP) is 2.07. The first-order valence-electron chi connectivity index (χ1n) is 4.85. The average molecular weight is 219 g/mol. The number of hydrogen-bond donors (Lipinski definition) is 0. The number of esters is 1. The highest BCUT2D eigenvalue weighted by molar-refractivity contribution is 6.08. The van der Waals surface area contributed by atoms with Crippen molar-refractivity contribution in [2.75, 3.05) is 7.11 Å². The van der Waals surface area contributed by atoms with Gasteiger partial charge in [0.2, 0.25) is 0 Å². The van der Waals surface area contributed by atoms with Gasteiger partial charge in [-0.1, -0.05) is 0 Å². The van der Waals surface area contributed by atoms with Crippen LogP contribution in [0.2, 0.25) is 0 Å². The van der Waals surface area contributed by atoms with Crippen LogP contribution in [-0.2, 0) is 10.8 Å². The first-order chi connectivity index (χ1) is 7.02. The number of benzene rings is 1. The molecule has 0 aliphatic carbocycles. The minimum absolute atomic E-state index is 0.265. The second-order valence-corrected chi connectivity index (χ2v) is 3.99. The lowest BCUT2D eigenvalue weighted by atomic mass is 9.94. The topological polar surface area (TPSA) is 26.3 Å². The summed E-state index contributed by atoms with van der Waals surface area (Å²) in [5.74, 6) is -0.265. The summed E-state index contributed by atoms with van der Waals surface area (Å²) in [4.78, 5) is 11.5. The van der Waals surface area contributed by atoms with Gasteiger partial charge in [0.05, 0.1) is 12.7 Å². The molecule has 3 radical (unpaired) electrons. The number of rotatable bonds is 2. The summed E-state index contributed by atoms with van der Waals surface area (Å²) in [5.41, 5.74) is 5.19. The lowest BCUT2D eigenvalue weighted by Gasteiger charge is -2.14. The molecule has 15 heavy (non-hydrogen) atoms. The van der Waals surface area contributed by atoms with Gasteiger partial charge >= 0.3 is 5.97 Å². The Morgan fingerprint density at radius 1 is 1.33 bits per heavy atom. The summed E-state index contributed by atoms with van der Waals surface area (Å²) < 4.78 is 4.75. The van der Waals surface area contributed by atoms with Crippen molar-refractivity contribution >= 4 is 16.2 Å². The van der Waals surface area contributed by atoms with Crippen LogP contribution in [0, 0.1) is 20.8 Å². The normalized spacial score (nSPS) is 10.2. The van der Waals surface area contributed by atoms with Crippen LogP contribution >= 0.6 is 0 Å². The van der Waals surface area contributed by atoms with Crippen LogP contribution in [0.25, 0.3) is 0 Å². The van der Waals surface area contributed by atoms with E-state index in [1.807, 2.05) is 26.8 Å². The highest BCUT2D eigenvalue weighted by Gasteiger charge is 2.14. The second-order valence-electron chi connectivity index (χ2n) is 3.64. The molecule has 3 heteroatoms. The monoisotopic (exact) mass is 219 g/mol. The van der Waals surface area contributed by atoms with Gasteiger partial charge in [-0.3, -0.25) is 0 Å². The molecule has 1 aromatic carbocycles. The Kier molecular flexibility index (Phi) is 3.69. The molecule has 0 N–H and O–H groups in total. The van der Waals surface area contributed by atoms with E-state index < -0.39 is 0 Å². The molecule has 0 saturated heterocycles. The average Bonchev–Trinajstić information content (AvgIpc) is 2.23. The minimum Gasteiger partial charge on any atom is -0.465 e. The molecule has 0 heterocycles. The molecule has 0 saturated carbocycles. The molecule has 0 amide bonds. The fourth-order valence-corrected chi connectivity index (χ4v) is 2.27. The van der Waals surface area contributed by atoms with E-state index in [-0.39, 0.29) is 5.97 Å². The van der Waals surface area contributed by atoms with E-state index in [9.17, 15) is 4.79 Å². The van der Waals surface area contributed by atoms with Gasteiger partial charge in [-0.25, -0.2) is 4.79 Å². The molecular formula is C12H15O2Si. The molecule has 0 atom stereocenters. The Hall–Kier alpha value is -1.09. The van der Waals surface area contributed by atoms with E-state index in [0.717, 1.165) is 22.7 Å². The van der Waals surface area contributed by atoms with E-state index in [1.54, 1.807) is 0 Å². The summed E-state index contributed by atoms with van der Waals surface area (Å²) in [6.45, 7) is 5.99. The number of carbonyl (C=O) groups excluding carboxylic acids is 1. The van der Waals surface area contributed by atoms with Gasteiger partial charge in [-0.15, -0.1) is 0 Å². The summed E-state index contributed by atoms with van der Waals surface area (Å²) in [6.07, 6.45) is 0. The van der Waals surface area contributed by atoms with E-state index in [1.165, 1.54) is 12.7 Å². The highest BCUT2D eigenvalue weighted by Crippen LogP contribution is 2.22. The largest absolute Gasteiger partial charge is 0.465 e. The molecule has 0 aliphatic heterocycles. The van der Waals surface area contributed by atoms with Crippen LogP contribution in [0.5, 0.6) is 0 Å². The van der Waals surface area contributed by atoms with Crippen molar-refractivity contribution in [3.63, 3.8) is 0 Å². The van der Waals surface area contributed by atoms with Crippen LogP contribution < -0.4 is 0 Å². The van der Waals surface area contributed by atoms with Gasteiger partial charge in [-0.05, 0) is 55.1 Å². The zero-order valence-corrected chi connectivity index (χ0v) is 10.6. The number of ether oxygens (including phenoxy) is 1. The maximum atomic E-state index is 11.5. The Morgan fingerprint density at radius 2 is 1.93 bits per heavy atom. The predicted molar refractivity (Wildman–Crippen MR) is 61.5 cm³/mol. The number of carbonyl (C=O) groups is 1. The van der Waals surface area contributed by atoms with Crippen LogP contribution in [0.4, 0.5) is 0 Å². The summed E-state index contributed by atoms with van der Waals surface area (Å²) in [6, 6.07) is 2.70. The molecule has 0 aromatic heterocycles. The van der Waals surface area contributed by atoms with Gasteiger partial charge in [-0.2, -0.15) is 0 Å². The fourth-order valence-electron chi connectivity index (χ4n) is 1.73. The van der Waals surface area contributed by atoms with Crippen molar-refractivity contribution in [1.82, 2.24) is 0 Å². The number of hydrogen-bond acceptors (Lipinski definition) is 2.